The molecule has 0 aliphatic rings. The number of hydrogen-bond acceptors (Lipinski definition) is 6. The summed E-state index contributed by atoms with van der Waals surface area (Å²) in [6.45, 7) is 5.10. The molecule has 0 saturated heterocycles. The van der Waals surface area contributed by atoms with Crippen molar-refractivity contribution in [2.24, 2.45) is 10.2 Å². The number of esters is 1. The van der Waals surface area contributed by atoms with E-state index in [1.54, 1.807) is 45.0 Å². The number of carbonyl (C=O) groups excluding carboxylic acids is 2. The second-order valence-corrected chi connectivity index (χ2v) is 7.40. The van der Waals surface area contributed by atoms with E-state index in [0.717, 1.165) is 5.69 Å². The minimum Gasteiger partial charge on any atom is -0.459 e. The molecule has 0 spiro atoms. The smallest absolute Gasteiger partial charge is 0.325 e. The van der Waals surface area contributed by atoms with Crippen LogP contribution >= 0.6 is 0 Å². The minimum atomic E-state index is -0.601. The third-order valence-corrected chi connectivity index (χ3v) is 3.60. The third kappa shape index (κ3) is 6.50. The van der Waals surface area contributed by atoms with Crippen LogP contribution in [0.25, 0.3) is 0 Å². The van der Waals surface area contributed by atoms with E-state index in [2.05, 4.69) is 15.5 Å². The van der Waals surface area contributed by atoms with Gasteiger partial charge in [0, 0.05) is 19.8 Å². The van der Waals surface area contributed by atoms with Crippen molar-refractivity contribution < 1.29 is 14.3 Å². The highest BCUT2D eigenvalue weighted by Gasteiger charge is 2.18. The zero-order chi connectivity index (χ0) is 20.7. The zero-order valence-electron chi connectivity index (χ0n) is 16.9. The van der Waals surface area contributed by atoms with Crippen LogP contribution in [-0.4, -0.2) is 38.1 Å². The van der Waals surface area contributed by atoms with Crippen molar-refractivity contribution in [2.75, 3.05) is 25.5 Å². The van der Waals surface area contributed by atoms with Crippen LogP contribution < -0.4 is 10.2 Å². The highest BCUT2D eigenvalue weighted by molar-refractivity contribution is 6.00. The van der Waals surface area contributed by atoms with Crippen LogP contribution in [0.1, 0.15) is 31.1 Å². The molecular formula is C21H26N4O3. The number of nitrogens with zero attached hydrogens (tertiary/aromatic N) is 3. The summed E-state index contributed by atoms with van der Waals surface area (Å²) in [5, 5.41) is 11.0. The molecule has 7 heteroatoms. The van der Waals surface area contributed by atoms with Crippen molar-refractivity contribution in [3.63, 3.8) is 0 Å². The summed E-state index contributed by atoms with van der Waals surface area (Å²) in [7, 11) is 3.92. The number of amides is 1. The van der Waals surface area contributed by atoms with Crippen LogP contribution in [0, 0.1) is 0 Å². The highest BCUT2D eigenvalue weighted by atomic mass is 16.6. The Bertz CT molecular complexity index is 853. The summed E-state index contributed by atoms with van der Waals surface area (Å²) in [5.74, 6) is -0.913. The number of benzene rings is 2. The fourth-order valence-electron chi connectivity index (χ4n) is 2.31. The molecule has 2 rings (SSSR count). The van der Waals surface area contributed by atoms with Crippen LogP contribution in [0.15, 0.2) is 58.8 Å². The first-order valence-corrected chi connectivity index (χ1v) is 8.94. The molecule has 0 aliphatic carbocycles. The van der Waals surface area contributed by atoms with E-state index in [9.17, 15) is 9.59 Å². The lowest BCUT2D eigenvalue weighted by Crippen LogP contribution is -2.34. The van der Waals surface area contributed by atoms with Crippen molar-refractivity contribution in [2.45, 2.75) is 26.4 Å². The summed E-state index contributed by atoms with van der Waals surface area (Å²) in [5.41, 5.74) is 1.88. The number of rotatable bonds is 6. The largest absolute Gasteiger partial charge is 0.459 e. The third-order valence-electron chi connectivity index (χ3n) is 3.60. The predicted octanol–water partition coefficient (Wildman–Crippen LogP) is 4.24. The van der Waals surface area contributed by atoms with Gasteiger partial charge in [0.05, 0.1) is 16.9 Å². The highest BCUT2D eigenvalue weighted by Crippen LogP contribution is 2.24. The summed E-state index contributed by atoms with van der Waals surface area (Å²) < 4.78 is 5.19. The lowest BCUT2D eigenvalue weighted by molar-refractivity contribution is -0.153. The van der Waals surface area contributed by atoms with Crippen molar-refractivity contribution in [1.82, 2.24) is 5.32 Å². The molecule has 0 unspecified atom stereocenters. The molecule has 0 aromatic heterocycles. The molecule has 148 valence electrons. The molecule has 7 nitrogen and oxygen atoms in total. The lowest BCUT2D eigenvalue weighted by Gasteiger charge is -2.19. The first kappa shape index (κ1) is 21.1. The second-order valence-electron chi connectivity index (χ2n) is 7.40. The maximum Gasteiger partial charge on any atom is 0.325 e. The van der Waals surface area contributed by atoms with E-state index < -0.39 is 17.5 Å². The average molecular weight is 382 g/mol. The van der Waals surface area contributed by atoms with E-state index in [0.29, 0.717) is 16.9 Å². The molecular weight excluding hydrogens is 356 g/mol. The van der Waals surface area contributed by atoms with E-state index in [1.807, 2.05) is 43.3 Å². The van der Waals surface area contributed by atoms with Crippen molar-refractivity contribution >= 4 is 28.9 Å². The Hall–Kier alpha value is -3.22. The van der Waals surface area contributed by atoms with E-state index in [4.69, 9.17) is 4.74 Å². The Labute approximate surface area is 165 Å². The fraction of sp³-hybridized carbons (Fsp3) is 0.333. The molecule has 0 saturated carbocycles. The van der Waals surface area contributed by atoms with Crippen LogP contribution in [0.5, 0.6) is 0 Å². The van der Waals surface area contributed by atoms with Gasteiger partial charge in [-0.2, -0.15) is 5.11 Å². The Morgan fingerprint density at radius 1 is 1.00 bits per heavy atom. The van der Waals surface area contributed by atoms with Gasteiger partial charge in [-0.1, -0.05) is 12.1 Å². The standard InChI is InChI=1S/C21H26N4O3/c1-21(2,3)28-19(26)14-22-20(27)17-8-6-7-9-18(17)24-23-15-10-12-16(13-11-15)25(4)5/h6-13H,14H2,1-5H3,(H,22,27)/b24-23+. The van der Waals surface area contributed by atoms with Gasteiger partial charge in [0.2, 0.25) is 0 Å². The maximum absolute atomic E-state index is 12.4. The minimum absolute atomic E-state index is 0.215. The molecule has 28 heavy (non-hydrogen) atoms. The number of azo groups is 1. The Morgan fingerprint density at radius 3 is 2.25 bits per heavy atom. The van der Waals surface area contributed by atoms with Gasteiger partial charge in [-0.25, -0.2) is 0 Å². The number of anilines is 1. The Morgan fingerprint density at radius 2 is 1.64 bits per heavy atom. The van der Waals surface area contributed by atoms with E-state index in [1.165, 1.54) is 0 Å². The SMILES string of the molecule is CN(C)c1ccc(/N=N/c2ccccc2C(=O)NCC(=O)OC(C)(C)C)cc1. The summed E-state index contributed by atoms with van der Waals surface area (Å²) >= 11 is 0. The number of hydrogen-bond donors (Lipinski definition) is 1. The van der Waals surface area contributed by atoms with Gasteiger partial charge >= 0.3 is 5.97 Å². The van der Waals surface area contributed by atoms with Crippen molar-refractivity contribution in [3.8, 4) is 0 Å². The molecule has 2 aromatic carbocycles. The molecule has 0 aliphatic heterocycles. The summed E-state index contributed by atoms with van der Waals surface area (Å²) in [4.78, 5) is 26.2. The Kier molecular flexibility index (Phi) is 6.87. The summed E-state index contributed by atoms with van der Waals surface area (Å²) in [6, 6.07) is 14.4. The number of nitrogens with one attached hydrogen (secondary N) is 1. The quantitative estimate of drug-likeness (QED) is 0.598. The molecule has 0 atom stereocenters. The molecule has 1 N–H and O–H groups in total. The fourth-order valence-corrected chi connectivity index (χ4v) is 2.31. The van der Waals surface area contributed by atoms with E-state index in [-0.39, 0.29) is 6.54 Å². The first-order chi connectivity index (χ1) is 13.2. The first-order valence-electron chi connectivity index (χ1n) is 8.94. The molecule has 1 amide bonds. The number of carbonyl (C=O) groups is 2. The normalized spacial score (nSPS) is 11.3. The molecule has 0 fully saturated rings. The molecule has 0 radical (unpaired) electrons. The summed E-state index contributed by atoms with van der Waals surface area (Å²) in [6.07, 6.45) is 0. The van der Waals surface area contributed by atoms with Gasteiger partial charge < -0.3 is 15.0 Å². The molecule has 0 heterocycles. The predicted molar refractivity (Wildman–Crippen MR) is 110 cm³/mol. The zero-order valence-corrected chi connectivity index (χ0v) is 16.9. The molecule has 0 bridgehead atoms. The lowest BCUT2D eigenvalue weighted by atomic mass is 10.1. The average Bonchev–Trinajstić information content (AvgIpc) is 2.63. The van der Waals surface area contributed by atoms with Crippen molar-refractivity contribution in [3.05, 3.63) is 54.1 Å². The molecule has 2 aromatic rings. The maximum atomic E-state index is 12.4. The topological polar surface area (TPSA) is 83.4 Å². The van der Waals surface area contributed by atoms with Crippen LogP contribution in [0.2, 0.25) is 0 Å². The van der Waals surface area contributed by atoms with Crippen LogP contribution in [0.4, 0.5) is 17.1 Å². The van der Waals surface area contributed by atoms with Gasteiger partial charge in [0.15, 0.2) is 0 Å². The van der Waals surface area contributed by atoms with Gasteiger partial charge in [-0.3, -0.25) is 9.59 Å². The van der Waals surface area contributed by atoms with Crippen molar-refractivity contribution in [1.29, 1.82) is 0 Å². The van der Waals surface area contributed by atoms with Gasteiger partial charge in [-0.15, -0.1) is 5.11 Å². The Balaban J connectivity index is 2.07. The van der Waals surface area contributed by atoms with E-state index >= 15 is 0 Å². The van der Waals surface area contributed by atoms with Crippen LogP contribution in [0.3, 0.4) is 0 Å². The van der Waals surface area contributed by atoms with Gasteiger partial charge in [-0.05, 0) is 57.2 Å². The van der Waals surface area contributed by atoms with Gasteiger partial charge in [0.25, 0.3) is 5.91 Å². The van der Waals surface area contributed by atoms with Crippen LogP contribution in [-0.2, 0) is 9.53 Å². The monoisotopic (exact) mass is 382 g/mol. The second kappa shape index (κ2) is 9.12. The number of ether oxygens (including phenoxy) is 1. The van der Waals surface area contributed by atoms with Gasteiger partial charge in [0.1, 0.15) is 12.1 Å².